The van der Waals surface area contributed by atoms with Gasteiger partial charge >= 0.3 is 0 Å². The number of rotatable bonds is 3. The number of fused-ring (bicyclic) bond motifs is 1. The number of aliphatic hydroxyl groups is 1. The molecule has 0 saturated heterocycles. The van der Waals surface area contributed by atoms with Crippen LogP contribution in [0, 0.1) is 0 Å². The number of amides is 1. The largest absolute Gasteiger partial charge is 0.388 e. The van der Waals surface area contributed by atoms with Crippen LogP contribution in [0.4, 0.5) is 0 Å². The zero-order valence-corrected chi connectivity index (χ0v) is 13.7. The summed E-state index contributed by atoms with van der Waals surface area (Å²) in [5.41, 5.74) is 3.25. The first-order valence-electron chi connectivity index (χ1n) is 7.91. The van der Waals surface area contributed by atoms with Crippen LogP contribution in [-0.2, 0) is 17.8 Å². The van der Waals surface area contributed by atoms with Gasteiger partial charge < -0.3 is 10.0 Å². The fraction of sp³-hybridized carbons (Fsp3) is 0.316. The smallest absolute Gasteiger partial charge is 0.225 e. The summed E-state index contributed by atoms with van der Waals surface area (Å²) < 4.78 is 0. The molecule has 3 nitrogen and oxygen atoms in total. The van der Waals surface area contributed by atoms with Crippen LogP contribution >= 0.6 is 11.6 Å². The number of carbonyl (C=O) groups excluding carboxylic acids is 1. The van der Waals surface area contributed by atoms with Gasteiger partial charge in [0.2, 0.25) is 5.91 Å². The lowest BCUT2D eigenvalue weighted by Gasteiger charge is -2.22. The quantitative estimate of drug-likeness (QED) is 0.932. The van der Waals surface area contributed by atoms with Crippen LogP contribution < -0.4 is 0 Å². The van der Waals surface area contributed by atoms with Crippen LogP contribution in [0.25, 0.3) is 0 Å². The van der Waals surface area contributed by atoms with Crippen molar-refractivity contribution in [2.24, 2.45) is 0 Å². The Bertz CT molecular complexity index is 684. The Labute approximate surface area is 141 Å². The minimum Gasteiger partial charge on any atom is -0.388 e. The Hall–Kier alpha value is -1.84. The van der Waals surface area contributed by atoms with Crippen molar-refractivity contribution in [3.63, 3.8) is 0 Å². The molecule has 0 saturated carbocycles. The zero-order valence-electron chi connectivity index (χ0n) is 12.9. The van der Waals surface area contributed by atoms with E-state index in [0.29, 0.717) is 11.6 Å². The maximum atomic E-state index is 12.6. The highest BCUT2D eigenvalue weighted by atomic mass is 35.5. The Balaban J connectivity index is 1.67. The average molecular weight is 330 g/mol. The van der Waals surface area contributed by atoms with Gasteiger partial charge in [-0.2, -0.15) is 0 Å². The monoisotopic (exact) mass is 329 g/mol. The Kier molecular flexibility index (Phi) is 4.99. The molecule has 0 spiro atoms. The molecule has 1 unspecified atom stereocenters. The van der Waals surface area contributed by atoms with Gasteiger partial charge in [-0.3, -0.25) is 4.79 Å². The molecule has 1 aliphatic heterocycles. The number of nitrogens with zero attached hydrogens (tertiary/aromatic N) is 1. The van der Waals surface area contributed by atoms with Crippen molar-refractivity contribution in [3.8, 4) is 0 Å². The SMILES string of the molecule is O=C(CC(O)c1ccc(Cl)cc1)N1CCCc2ccccc2C1. The predicted molar refractivity (Wildman–Crippen MR) is 91.2 cm³/mol. The highest BCUT2D eigenvalue weighted by Crippen LogP contribution is 2.23. The van der Waals surface area contributed by atoms with Crippen LogP contribution in [0.1, 0.15) is 35.6 Å². The molecule has 0 radical (unpaired) electrons. The molecule has 1 atom stereocenters. The number of aliphatic hydroxyl groups excluding tert-OH is 1. The van der Waals surface area contributed by atoms with E-state index in [9.17, 15) is 9.90 Å². The minimum atomic E-state index is -0.793. The number of benzene rings is 2. The summed E-state index contributed by atoms with van der Waals surface area (Å²) in [6.07, 6.45) is 1.27. The van der Waals surface area contributed by atoms with Crippen LogP contribution in [0.2, 0.25) is 5.02 Å². The second-order valence-corrected chi connectivity index (χ2v) is 6.40. The normalized spacial score (nSPS) is 15.7. The summed E-state index contributed by atoms with van der Waals surface area (Å²) in [6.45, 7) is 1.36. The number of hydrogen-bond donors (Lipinski definition) is 1. The summed E-state index contributed by atoms with van der Waals surface area (Å²) in [5, 5.41) is 10.9. The molecular formula is C19H20ClNO2. The number of halogens is 1. The van der Waals surface area contributed by atoms with E-state index in [4.69, 9.17) is 11.6 Å². The second-order valence-electron chi connectivity index (χ2n) is 5.96. The van der Waals surface area contributed by atoms with Gasteiger partial charge in [-0.15, -0.1) is 0 Å². The molecular weight excluding hydrogens is 310 g/mol. The van der Waals surface area contributed by atoms with Crippen molar-refractivity contribution >= 4 is 17.5 Å². The summed E-state index contributed by atoms with van der Waals surface area (Å²) in [4.78, 5) is 14.4. The second kappa shape index (κ2) is 7.16. The third-order valence-corrected chi connectivity index (χ3v) is 4.58. The van der Waals surface area contributed by atoms with Crippen molar-refractivity contribution in [1.29, 1.82) is 0 Å². The first-order valence-corrected chi connectivity index (χ1v) is 8.29. The van der Waals surface area contributed by atoms with Gasteiger partial charge in [0, 0.05) is 18.1 Å². The van der Waals surface area contributed by atoms with E-state index < -0.39 is 6.10 Å². The lowest BCUT2D eigenvalue weighted by atomic mass is 10.0. The summed E-state index contributed by atoms with van der Waals surface area (Å²) in [7, 11) is 0. The molecule has 3 rings (SSSR count). The topological polar surface area (TPSA) is 40.5 Å². The van der Waals surface area contributed by atoms with Gasteiger partial charge in [0.15, 0.2) is 0 Å². The van der Waals surface area contributed by atoms with E-state index in [1.807, 2.05) is 17.0 Å². The Morgan fingerprint density at radius 1 is 1.13 bits per heavy atom. The lowest BCUT2D eigenvalue weighted by Crippen LogP contribution is -2.31. The first kappa shape index (κ1) is 16.0. The Morgan fingerprint density at radius 2 is 1.83 bits per heavy atom. The van der Waals surface area contributed by atoms with E-state index in [1.54, 1.807) is 24.3 Å². The van der Waals surface area contributed by atoms with E-state index in [2.05, 4.69) is 12.1 Å². The molecule has 0 bridgehead atoms. The average Bonchev–Trinajstić information content (AvgIpc) is 2.77. The summed E-state index contributed by atoms with van der Waals surface area (Å²) in [6, 6.07) is 15.2. The van der Waals surface area contributed by atoms with Gasteiger partial charge in [-0.25, -0.2) is 0 Å². The van der Waals surface area contributed by atoms with Crippen LogP contribution in [0.5, 0.6) is 0 Å². The molecule has 4 heteroatoms. The molecule has 120 valence electrons. The lowest BCUT2D eigenvalue weighted by molar-refractivity contribution is -0.134. The molecule has 1 aliphatic rings. The maximum absolute atomic E-state index is 12.6. The van der Waals surface area contributed by atoms with Crippen molar-refractivity contribution in [2.75, 3.05) is 6.54 Å². The van der Waals surface area contributed by atoms with E-state index in [0.717, 1.165) is 24.9 Å². The van der Waals surface area contributed by atoms with Crippen LogP contribution in [0.15, 0.2) is 48.5 Å². The molecule has 1 heterocycles. The summed E-state index contributed by atoms with van der Waals surface area (Å²) in [5.74, 6) is -0.0100. The third-order valence-electron chi connectivity index (χ3n) is 4.33. The number of carbonyl (C=O) groups is 1. The highest BCUT2D eigenvalue weighted by Gasteiger charge is 2.21. The fourth-order valence-electron chi connectivity index (χ4n) is 3.01. The maximum Gasteiger partial charge on any atom is 0.225 e. The first-order chi connectivity index (χ1) is 11.1. The molecule has 0 aliphatic carbocycles. The fourth-order valence-corrected chi connectivity index (χ4v) is 3.14. The highest BCUT2D eigenvalue weighted by molar-refractivity contribution is 6.30. The van der Waals surface area contributed by atoms with Gasteiger partial charge in [0.1, 0.15) is 0 Å². The number of aryl methyl sites for hydroxylation is 1. The summed E-state index contributed by atoms with van der Waals surface area (Å²) >= 11 is 5.85. The molecule has 2 aromatic rings. The zero-order chi connectivity index (χ0) is 16.2. The van der Waals surface area contributed by atoms with Gasteiger partial charge in [0.25, 0.3) is 0 Å². The number of hydrogen-bond acceptors (Lipinski definition) is 2. The molecule has 0 aromatic heterocycles. The van der Waals surface area contributed by atoms with E-state index >= 15 is 0 Å². The standard InChI is InChI=1S/C19H20ClNO2/c20-17-9-7-15(8-10-17)18(22)12-19(23)21-11-3-6-14-4-1-2-5-16(14)13-21/h1-2,4-5,7-10,18,22H,3,6,11-13H2. The molecule has 1 N–H and O–H groups in total. The van der Waals surface area contributed by atoms with Gasteiger partial charge in [-0.1, -0.05) is 48.0 Å². The predicted octanol–water partition coefficient (Wildman–Crippen LogP) is 3.74. The molecule has 23 heavy (non-hydrogen) atoms. The third kappa shape index (κ3) is 3.92. The molecule has 1 amide bonds. The van der Waals surface area contributed by atoms with E-state index in [1.165, 1.54) is 11.1 Å². The van der Waals surface area contributed by atoms with Crippen molar-refractivity contribution < 1.29 is 9.90 Å². The van der Waals surface area contributed by atoms with Gasteiger partial charge in [-0.05, 0) is 41.7 Å². The Morgan fingerprint density at radius 3 is 2.57 bits per heavy atom. The van der Waals surface area contributed by atoms with Crippen molar-refractivity contribution in [3.05, 3.63) is 70.2 Å². The van der Waals surface area contributed by atoms with Gasteiger partial charge in [0.05, 0.1) is 12.5 Å². The molecule has 0 fully saturated rings. The van der Waals surface area contributed by atoms with Crippen molar-refractivity contribution in [1.82, 2.24) is 4.90 Å². The van der Waals surface area contributed by atoms with E-state index in [-0.39, 0.29) is 12.3 Å². The van der Waals surface area contributed by atoms with Crippen molar-refractivity contribution in [2.45, 2.75) is 31.9 Å². The molecule has 2 aromatic carbocycles. The van der Waals surface area contributed by atoms with Crippen LogP contribution in [0.3, 0.4) is 0 Å². The van der Waals surface area contributed by atoms with Crippen LogP contribution in [-0.4, -0.2) is 22.5 Å². The minimum absolute atomic E-state index is 0.0100.